The first-order valence-corrected chi connectivity index (χ1v) is 10.7. The van der Waals surface area contributed by atoms with Crippen LogP contribution in [0.2, 0.25) is 0 Å². The molecule has 1 fully saturated rings. The fraction of sp³-hybridized carbons (Fsp3) is 0.421. The van der Waals surface area contributed by atoms with Crippen LogP contribution < -0.4 is 15.5 Å². The van der Waals surface area contributed by atoms with E-state index >= 15 is 0 Å². The Labute approximate surface area is 177 Å². The van der Waals surface area contributed by atoms with Crippen molar-refractivity contribution in [1.29, 1.82) is 0 Å². The third-order valence-corrected chi connectivity index (χ3v) is 5.97. The Balaban J connectivity index is 1.21. The summed E-state index contributed by atoms with van der Waals surface area (Å²) in [5.74, 6) is 0.566. The number of hydrogen-bond donors (Lipinski definition) is 2. The van der Waals surface area contributed by atoms with Crippen molar-refractivity contribution >= 4 is 40.1 Å². The summed E-state index contributed by atoms with van der Waals surface area (Å²) >= 11 is 1.65. The maximum absolute atomic E-state index is 12.2. The minimum absolute atomic E-state index is 0.193. The molecule has 0 atom stereocenters. The van der Waals surface area contributed by atoms with Crippen LogP contribution in [0.4, 0.5) is 10.6 Å². The van der Waals surface area contributed by atoms with Gasteiger partial charge in [0.25, 0.3) is 0 Å². The number of carbonyl (C=O) groups is 2. The number of imide groups is 1. The van der Waals surface area contributed by atoms with E-state index in [4.69, 9.17) is 0 Å². The van der Waals surface area contributed by atoms with Gasteiger partial charge in [-0.15, -0.1) is 11.3 Å². The van der Waals surface area contributed by atoms with E-state index in [2.05, 4.69) is 30.6 Å². The zero-order valence-corrected chi connectivity index (χ0v) is 17.6. The SMILES string of the molecule is Cn1ncc2c(N3CCN(CC(=O)NC(=O)NCCc4cccs4)CC3)ncnc21. The molecule has 4 rings (SSSR count). The number of anilines is 1. The fourth-order valence-corrected chi connectivity index (χ4v) is 4.20. The van der Waals surface area contributed by atoms with Crippen molar-refractivity contribution in [1.82, 2.24) is 35.3 Å². The first-order chi connectivity index (χ1) is 14.6. The van der Waals surface area contributed by atoms with Crippen LogP contribution in [0, 0.1) is 0 Å². The molecule has 3 aromatic heterocycles. The molecule has 3 aromatic rings. The lowest BCUT2D eigenvalue weighted by Gasteiger charge is -2.35. The molecule has 10 nitrogen and oxygen atoms in total. The Morgan fingerprint density at radius 3 is 2.80 bits per heavy atom. The highest BCUT2D eigenvalue weighted by atomic mass is 32.1. The third kappa shape index (κ3) is 4.74. The Hall–Kier alpha value is -3.05. The summed E-state index contributed by atoms with van der Waals surface area (Å²) in [6.45, 7) is 3.58. The molecule has 0 saturated carbocycles. The molecular weight excluding hydrogens is 404 g/mol. The van der Waals surface area contributed by atoms with Crippen LogP contribution in [0.5, 0.6) is 0 Å². The summed E-state index contributed by atoms with van der Waals surface area (Å²) in [5.41, 5.74) is 0.798. The molecule has 3 amide bonds. The predicted octanol–water partition coefficient (Wildman–Crippen LogP) is 0.615. The average molecular weight is 429 g/mol. The van der Waals surface area contributed by atoms with E-state index in [0.717, 1.165) is 36.4 Å². The van der Waals surface area contributed by atoms with Crippen molar-refractivity contribution in [3.63, 3.8) is 0 Å². The lowest BCUT2D eigenvalue weighted by Crippen LogP contribution is -2.51. The Morgan fingerprint density at radius 2 is 2.03 bits per heavy atom. The number of carbonyl (C=O) groups excluding carboxylic acids is 2. The summed E-state index contributed by atoms with van der Waals surface area (Å²) in [4.78, 5) is 38.2. The molecule has 30 heavy (non-hydrogen) atoms. The van der Waals surface area contributed by atoms with Gasteiger partial charge < -0.3 is 10.2 Å². The maximum atomic E-state index is 12.2. The van der Waals surface area contributed by atoms with Crippen LogP contribution in [0.3, 0.4) is 0 Å². The Kier molecular flexibility index (Phi) is 6.19. The number of nitrogens with zero attached hydrogens (tertiary/aromatic N) is 6. The van der Waals surface area contributed by atoms with Gasteiger partial charge in [-0.05, 0) is 17.9 Å². The molecule has 0 radical (unpaired) electrons. The number of piperazine rings is 1. The van der Waals surface area contributed by atoms with Crippen LogP contribution in [-0.4, -0.2) is 75.9 Å². The van der Waals surface area contributed by atoms with Crippen molar-refractivity contribution in [2.75, 3.05) is 44.2 Å². The number of thiophene rings is 1. The summed E-state index contributed by atoms with van der Waals surface area (Å²) in [5, 5.41) is 12.3. The van der Waals surface area contributed by atoms with Crippen LogP contribution in [0.25, 0.3) is 11.0 Å². The van der Waals surface area contributed by atoms with Gasteiger partial charge in [-0.2, -0.15) is 5.10 Å². The number of aryl methyl sites for hydroxylation is 1. The predicted molar refractivity (Wildman–Crippen MR) is 115 cm³/mol. The van der Waals surface area contributed by atoms with Crippen molar-refractivity contribution in [3.05, 3.63) is 34.9 Å². The molecule has 0 bridgehead atoms. The number of urea groups is 1. The molecule has 0 spiro atoms. The van der Waals surface area contributed by atoms with Gasteiger partial charge in [0.15, 0.2) is 5.65 Å². The summed E-state index contributed by atoms with van der Waals surface area (Å²) in [6, 6.07) is 3.55. The van der Waals surface area contributed by atoms with E-state index in [1.165, 1.54) is 4.88 Å². The molecule has 158 valence electrons. The smallest absolute Gasteiger partial charge is 0.321 e. The first kappa shape index (κ1) is 20.2. The van der Waals surface area contributed by atoms with Crippen molar-refractivity contribution in [2.24, 2.45) is 7.05 Å². The van der Waals surface area contributed by atoms with Gasteiger partial charge in [0, 0.05) is 44.6 Å². The number of aromatic nitrogens is 4. The molecule has 1 aliphatic rings. The summed E-state index contributed by atoms with van der Waals surface area (Å²) in [6.07, 6.45) is 4.09. The first-order valence-electron chi connectivity index (χ1n) is 9.80. The zero-order valence-electron chi connectivity index (χ0n) is 16.7. The molecule has 2 N–H and O–H groups in total. The topological polar surface area (TPSA) is 108 Å². The van der Waals surface area contributed by atoms with E-state index in [-0.39, 0.29) is 12.5 Å². The molecule has 0 unspecified atom stereocenters. The lowest BCUT2D eigenvalue weighted by molar-refractivity contribution is -0.121. The van der Waals surface area contributed by atoms with Crippen molar-refractivity contribution < 1.29 is 9.59 Å². The minimum Gasteiger partial charge on any atom is -0.353 e. The van der Waals surface area contributed by atoms with Crippen molar-refractivity contribution in [3.8, 4) is 0 Å². The minimum atomic E-state index is -0.449. The standard InChI is InChI=1S/C19H24N8O2S/c1-25-17-15(11-23-25)18(22-13-21-17)27-8-6-26(7-9-27)12-16(28)24-19(29)20-5-4-14-3-2-10-30-14/h2-3,10-11,13H,4-9,12H2,1H3,(H2,20,24,28,29). The highest BCUT2D eigenvalue weighted by Crippen LogP contribution is 2.23. The van der Waals surface area contributed by atoms with Gasteiger partial charge in [0.05, 0.1) is 18.1 Å². The second kappa shape index (κ2) is 9.18. The fourth-order valence-electron chi connectivity index (χ4n) is 3.49. The second-order valence-corrected chi connectivity index (χ2v) is 8.13. The Morgan fingerprint density at radius 1 is 1.20 bits per heavy atom. The van der Waals surface area contributed by atoms with E-state index in [1.54, 1.807) is 28.5 Å². The number of nitrogens with one attached hydrogen (secondary N) is 2. The number of fused-ring (bicyclic) bond motifs is 1. The van der Waals surface area contributed by atoms with E-state index in [0.29, 0.717) is 19.6 Å². The normalized spacial score (nSPS) is 14.8. The molecule has 0 aliphatic carbocycles. The van der Waals surface area contributed by atoms with Crippen LogP contribution >= 0.6 is 11.3 Å². The summed E-state index contributed by atoms with van der Waals surface area (Å²) in [7, 11) is 1.86. The van der Waals surface area contributed by atoms with Crippen LogP contribution in [0.1, 0.15) is 4.88 Å². The highest BCUT2D eigenvalue weighted by Gasteiger charge is 2.22. The van der Waals surface area contributed by atoms with Gasteiger partial charge in [0.2, 0.25) is 5.91 Å². The highest BCUT2D eigenvalue weighted by molar-refractivity contribution is 7.09. The van der Waals surface area contributed by atoms with Crippen molar-refractivity contribution in [2.45, 2.75) is 6.42 Å². The number of rotatable bonds is 6. The van der Waals surface area contributed by atoms with Gasteiger partial charge in [-0.3, -0.25) is 19.7 Å². The average Bonchev–Trinajstić information content (AvgIpc) is 3.38. The number of amides is 3. The maximum Gasteiger partial charge on any atom is 0.321 e. The van der Waals surface area contributed by atoms with Gasteiger partial charge in [0.1, 0.15) is 12.1 Å². The number of hydrogen-bond acceptors (Lipinski definition) is 8. The largest absolute Gasteiger partial charge is 0.353 e. The molecule has 4 heterocycles. The second-order valence-electron chi connectivity index (χ2n) is 7.10. The van der Waals surface area contributed by atoms with E-state index in [1.807, 2.05) is 29.5 Å². The molecule has 1 saturated heterocycles. The quantitative estimate of drug-likeness (QED) is 0.592. The zero-order chi connectivity index (χ0) is 20.9. The van der Waals surface area contributed by atoms with Gasteiger partial charge >= 0.3 is 6.03 Å². The monoisotopic (exact) mass is 428 g/mol. The van der Waals surface area contributed by atoms with Crippen LogP contribution in [-0.2, 0) is 18.3 Å². The summed E-state index contributed by atoms with van der Waals surface area (Å²) < 4.78 is 1.73. The van der Waals surface area contributed by atoms with Gasteiger partial charge in [-0.1, -0.05) is 6.07 Å². The Bertz CT molecular complexity index is 1010. The van der Waals surface area contributed by atoms with Gasteiger partial charge in [-0.25, -0.2) is 14.8 Å². The lowest BCUT2D eigenvalue weighted by atomic mass is 10.2. The molecular formula is C19H24N8O2S. The van der Waals surface area contributed by atoms with E-state index < -0.39 is 6.03 Å². The van der Waals surface area contributed by atoms with E-state index in [9.17, 15) is 9.59 Å². The molecule has 0 aromatic carbocycles. The third-order valence-electron chi connectivity index (χ3n) is 5.04. The van der Waals surface area contributed by atoms with Crippen LogP contribution in [0.15, 0.2) is 30.0 Å². The molecule has 11 heteroatoms. The molecule has 1 aliphatic heterocycles.